The summed E-state index contributed by atoms with van der Waals surface area (Å²) in [6, 6.07) is 0. The van der Waals surface area contributed by atoms with Gasteiger partial charge in [-0.25, -0.2) is 4.79 Å². The molecule has 6 atom stereocenters. The number of carbonyl (C=O) groups is 1. The number of ether oxygens (including phenoxy) is 2. The summed E-state index contributed by atoms with van der Waals surface area (Å²) in [5.41, 5.74) is 4.05. The molecular weight excluding hydrogens is 557 g/mol. The van der Waals surface area contributed by atoms with Crippen LogP contribution < -0.4 is 0 Å². The lowest BCUT2D eigenvalue weighted by Gasteiger charge is -2.59. The molecule has 0 aromatic carbocycles. The van der Waals surface area contributed by atoms with Gasteiger partial charge in [-0.2, -0.15) is 0 Å². The minimum Gasteiger partial charge on any atom is -0.490 e. The molecular formula is C35H60O5Si2. The van der Waals surface area contributed by atoms with Crippen LogP contribution in [0, 0.1) is 22.7 Å². The maximum Gasteiger partial charge on any atom is 0.373 e. The van der Waals surface area contributed by atoms with Gasteiger partial charge in [0.05, 0.1) is 26.4 Å². The highest BCUT2D eigenvalue weighted by Gasteiger charge is 2.60. The Kier molecular flexibility index (Phi) is 8.85. The quantitative estimate of drug-likeness (QED) is 0.129. The molecule has 4 aliphatic carbocycles. The molecule has 238 valence electrons. The molecule has 0 saturated heterocycles. The van der Waals surface area contributed by atoms with E-state index >= 15 is 0 Å². The van der Waals surface area contributed by atoms with E-state index in [0.29, 0.717) is 17.6 Å². The van der Waals surface area contributed by atoms with E-state index in [0.717, 1.165) is 44.1 Å². The normalized spacial score (nSPS) is 34.9. The second kappa shape index (κ2) is 11.0. The first-order valence-corrected chi connectivity index (χ1v) is 22.1. The van der Waals surface area contributed by atoms with E-state index < -0.39 is 16.6 Å². The molecule has 7 heteroatoms. The minimum atomic E-state index is -2.05. The predicted molar refractivity (Wildman–Crippen MR) is 177 cm³/mol. The zero-order chi connectivity index (χ0) is 31.7. The van der Waals surface area contributed by atoms with Gasteiger partial charge in [0.15, 0.2) is 16.6 Å². The van der Waals surface area contributed by atoms with Crippen molar-refractivity contribution in [3.8, 4) is 0 Å². The highest BCUT2D eigenvalue weighted by Crippen LogP contribution is 2.66. The molecule has 0 amide bonds. The Balaban J connectivity index is 1.77. The summed E-state index contributed by atoms with van der Waals surface area (Å²) in [7, 11) is -0.944. The molecule has 0 unspecified atom stereocenters. The van der Waals surface area contributed by atoms with Crippen LogP contribution >= 0.6 is 0 Å². The van der Waals surface area contributed by atoms with Gasteiger partial charge in [-0.05, 0) is 97.6 Å². The Morgan fingerprint density at radius 1 is 0.857 bits per heavy atom. The van der Waals surface area contributed by atoms with Crippen LogP contribution in [0.5, 0.6) is 0 Å². The van der Waals surface area contributed by atoms with Crippen molar-refractivity contribution in [3.63, 3.8) is 0 Å². The van der Waals surface area contributed by atoms with Gasteiger partial charge in [0.1, 0.15) is 0 Å². The topological polar surface area (TPSA) is 54.0 Å². The molecule has 3 fully saturated rings. The zero-order valence-corrected chi connectivity index (χ0v) is 31.2. The van der Waals surface area contributed by atoms with E-state index in [-0.39, 0.29) is 39.1 Å². The molecule has 3 saturated carbocycles. The lowest BCUT2D eigenvalue weighted by Crippen LogP contribution is -2.58. The Morgan fingerprint density at radius 2 is 1.45 bits per heavy atom. The fourth-order valence-corrected chi connectivity index (χ4v) is 10.8. The van der Waals surface area contributed by atoms with Crippen molar-refractivity contribution in [1.29, 1.82) is 0 Å². The molecule has 42 heavy (non-hydrogen) atoms. The SMILES string of the molecule is COC(=O)C(OC)=C1CC[C@H]2C3=CC=C4C[C@@H](O[Si](C)(C)C(C)(C)C)C[C@H](O[Si](C)(C)C(C)(C)C)[C@]4(C)[C@H]3CC[C@]12C. The third-order valence-electron chi connectivity index (χ3n) is 12.7. The summed E-state index contributed by atoms with van der Waals surface area (Å²) < 4.78 is 25.4. The molecule has 0 heterocycles. The first-order chi connectivity index (χ1) is 19.1. The lowest BCUT2D eigenvalue weighted by atomic mass is 9.50. The standard InChI is InChI=1S/C35H60O5Si2/c1-32(2,3)41(11,12)39-24-21-23-15-16-25-26-17-18-28(30(37-9)31(36)38-10)34(26,7)20-19-27(25)35(23,8)29(22-24)40-42(13,14)33(4,5)6/h15-16,24,26-27,29H,17-22H2,1-14H3/t24-,26+,27+,29+,34+,35+/m1/s1. The summed E-state index contributed by atoms with van der Waals surface area (Å²) in [5, 5.41) is 0.304. The molecule has 0 aliphatic heterocycles. The average Bonchev–Trinajstić information content (AvgIpc) is 3.20. The summed E-state index contributed by atoms with van der Waals surface area (Å²) in [6.45, 7) is 28.5. The zero-order valence-electron chi connectivity index (χ0n) is 29.2. The molecule has 0 N–H and O–H groups in total. The number of carbonyl (C=O) groups excluding carboxylic acids is 1. The van der Waals surface area contributed by atoms with Gasteiger partial charge in [-0.3, -0.25) is 0 Å². The molecule has 0 spiro atoms. The molecule has 4 aliphatic rings. The Morgan fingerprint density at radius 3 is 2.00 bits per heavy atom. The number of allylic oxidation sites excluding steroid dienone is 4. The Hall–Kier alpha value is -1.16. The van der Waals surface area contributed by atoms with Gasteiger partial charge in [0.2, 0.25) is 5.76 Å². The fraction of sp³-hybridized carbons (Fsp3) is 0.800. The number of esters is 1. The van der Waals surface area contributed by atoms with Crippen LogP contribution in [0.15, 0.2) is 34.6 Å². The first-order valence-electron chi connectivity index (χ1n) is 16.3. The van der Waals surface area contributed by atoms with Crippen LogP contribution in [0.2, 0.25) is 36.3 Å². The van der Waals surface area contributed by atoms with Crippen molar-refractivity contribution in [2.45, 2.75) is 142 Å². The minimum absolute atomic E-state index is 0.0624. The van der Waals surface area contributed by atoms with Crippen molar-refractivity contribution in [2.24, 2.45) is 22.7 Å². The van der Waals surface area contributed by atoms with E-state index in [1.807, 2.05) is 0 Å². The van der Waals surface area contributed by atoms with Crippen molar-refractivity contribution in [2.75, 3.05) is 14.2 Å². The highest BCUT2D eigenvalue weighted by atomic mass is 28.4. The Bertz CT molecular complexity index is 1170. The Labute approximate surface area is 259 Å². The molecule has 0 bridgehead atoms. The van der Waals surface area contributed by atoms with E-state index in [4.69, 9.17) is 18.3 Å². The summed E-state index contributed by atoms with van der Waals surface area (Å²) in [5.74, 6) is 0.890. The molecule has 0 aromatic heterocycles. The summed E-state index contributed by atoms with van der Waals surface area (Å²) >= 11 is 0. The number of hydrogen-bond acceptors (Lipinski definition) is 5. The monoisotopic (exact) mass is 616 g/mol. The van der Waals surface area contributed by atoms with Crippen molar-refractivity contribution in [3.05, 3.63) is 34.6 Å². The summed E-state index contributed by atoms with van der Waals surface area (Å²) in [6.07, 6.45) is 11.2. The first kappa shape index (κ1) is 33.7. The van der Waals surface area contributed by atoms with Crippen LogP contribution in [0.25, 0.3) is 0 Å². The number of hydrogen-bond donors (Lipinski definition) is 0. The smallest absolute Gasteiger partial charge is 0.373 e. The van der Waals surface area contributed by atoms with Crippen LogP contribution in [0.3, 0.4) is 0 Å². The number of fused-ring (bicyclic) bond motifs is 5. The number of rotatable bonds is 6. The molecule has 0 radical (unpaired) electrons. The molecule has 0 aromatic rings. The van der Waals surface area contributed by atoms with Crippen molar-refractivity contribution >= 4 is 22.6 Å². The van der Waals surface area contributed by atoms with Crippen LogP contribution in [0.4, 0.5) is 0 Å². The summed E-state index contributed by atoms with van der Waals surface area (Å²) in [4.78, 5) is 12.7. The predicted octanol–water partition coefficient (Wildman–Crippen LogP) is 9.33. The van der Waals surface area contributed by atoms with Crippen molar-refractivity contribution in [1.82, 2.24) is 0 Å². The van der Waals surface area contributed by atoms with Crippen LogP contribution in [-0.4, -0.2) is 49.0 Å². The van der Waals surface area contributed by atoms with Crippen LogP contribution in [0.1, 0.15) is 93.9 Å². The van der Waals surface area contributed by atoms with Crippen LogP contribution in [-0.2, 0) is 23.1 Å². The third-order valence-corrected chi connectivity index (χ3v) is 21.8. The second-order valence-electron chi connectivity index (χ2n) is 17.1. The number of methoxy groups -OCH3 is 2. The highest BCUT2D eigenvalue weighted by molar-refractivity contribution is 6.74. The maximum atomic E-state index is 12.7. The maximum absolute atomic E-state index is 12.7. The molecule has 5 nitrogen and oxygen atoms in total. The lowest BCUT2D eigenvalue weighted by molar-refractivity contribution is -0.139. The van der Waals surface area contributed by atoms with E-state index in [9.17, 15) is 4.79 Å². The van der Waals surface area contributed by atoms with Gasteiger partial charge < -0.3 is 18.3 Å². The fourth-order valence-electron chi connectivity index (χ4n) is 8.01. The van der Waals surface area contributed by atoms with Gasteiger partial charge >= 0.3 is 5.97 Å². The third kappa shape index (κ3) is 5.47. The second-order valence-corrected chi connectivity index (χ2v) is 26.6. The van der Waals surface area contributed by atoms with E-state index in [2.05, 4.69) is 93.7 Å². The van der Waals surface area contributed by atoms with Gasteiger partial charge in [-0.1, -0.05) is 78.7 Å². The average molecular weight is 617 g/mol. The van der Waals surface area contributed by atoms with Gasteiger partial charge in [0, 0.05) is 5.41 Å². The van der Waals surface area contributed by atoms with Gasteiger partial charge in [-0.15, -0.1) is 0 Å². The van der Waals surface area contributed by atoms with E-state index in [1.54, 1.807) is 12.7 Å². The van der Waals surface area contributed by atoms with E-state index in [1.165, 1.54) is 12.7 Å². The van der Waals surface area contributed by atoms with Crippen molar-refractivity contribution < 1.29 is 23.1 Å². The molecule has 4 rings (SSSR count). The largest absolute Gasteiger partial charge is 0.490 e. The van der Waals surface area contributed by atoms with Gasteiger partial charge in [0.25, 0.3) is 0 Å².